The average molecular weight is 463 g/mol. The van der Waals surface area contributed by atoms with Crippen LogP contribution in [0.5, 0.6) is 0 Å². The summed E-state index contributed by atoms with van der Waals surface area (Å²) in [5.74, 6) is -1.11. The summed E-state index contributed by atoms with van der Waals surface area (Å²) < 4.78 is 14.7. The number of carbonyl (C=O) groups excluding carboxylic acids is 2. The third-order valence-electron chi connectivity index (χ3n) is 5.21. The molecular weight excluding hydrogens is 443 g/mol. The summed E-state index contributed by atoms with van der Waals surface area (Å²) in [6, 6.07) is 11.5. The Kier molecular flexibility index (Phi) is 6.15. The van der Waals surface area contributed by atoms with Crippen molar-refractivity contribution < 1.29 is 14.0 Å². The number of nitriles is 1. The molecule has 0 aliphatic heterocycles. The standard InChI is InChI=1S/C23H19FN6O2S/c1-13-18(14(2)30-22(27-13)16(11-25)12-26-30)7-10-21(31)28-29-23(32)20-9-8-19(33-20)15-3-5-17(24)6-4-15/h3-6,8-9,12H,7,10H2,1-2H3,(H,28,31)(H,29,32). The molecule has 0 saturated carbocycles. The summed E-state index contributed by atoms with van der Waals surface area (Å²) in [7, 11) is 0. The number of nitrogens with zero attached hydrogens (tertiary/aromatic N) is 4. The van der Waals surface area contributed by atoms with Gasteiger partial charge in [-0.05, 0) is 55.7 Å². The molecule has 10 heteroatoms. The fourth-order valence-electron chi connectivity index (χ4n) is 3.47. The van der Waals surface area contributed by atoms with Crippen molar-refractivity contribution in [3.63, 3.8) is 0 Å². The SMILES string of the molecule is Cc1nc2c(C#N)cnn2c(C)c1CCC(=O)NNC(=O)c1ccc(-c2ccc(F)cc2)s1. The van der Waals surface area contributed by atoms with Crippen LogP contribution in [-0.4, -0.2) is 26.4 Å². The van der Waals surface area contributed by atoms with Crippen LogP contribution in [0.15, 0.2) is 42.6 Å². The number of benzene rings is 1. The maximum absolute atomic E-state index is 13.1. The first kappa shape index (κ1) is 22.1. The van der Waals surface area contributed by atoms with Crippen molar-refractivity contribution in [1.82, 2.24) is 25.4 Å². The zero-order valence-corrected chi connectivity index (χ0v) is 18.7. The largest absolute Gasteiger partial charge is 0.279 e. The van der Waals surface area contributed by atoms with Crippen molar-refractivity contribution in [3.8, 4) is 16.5 Å². The number of aromatic nitrogens is 3. The minimum absolute atomic E-state index is 0.132. The number of rotatable bonds is 5. The fourth-order valence-corrected chi connectivity index (χ4v) is 4.38. The van der Waals surface area contributed by atoms with E-state index in [1.807, 2.05) is 13.8 Å². The Labute approximate surface area is 192 Å². The van der Waals surface area contributed by atoms with Gasteiger partial charge in [0.05, 0.1) is 11.1 Å². The molecule has 33 heavy (non-hydrogen) atoms. The Morgan fingerprint density at radius 2 is 1.91 bits per heavy atom. The molecule has 0 spiro atoms. The lowest BCUT2D eigenvalue weighted by Crippen LogP contribution is -2.41. The van der Waals surface area contributed by atoms with Crippen LogP contribution < -0.4 is 10.9 Å². The number of carbonyl (C=O) groups is 2. The van der Waals surface area contributed by atoms with Gasteiger partial charge in [-0.25, -0.2) is 13.9 Å². The van der Waals surface area contributed by atoms with E-state index in [1.54, 1.807) is 28.8 Å². The first-order valence-corrected chi connectivity index (χ1v) is 10.9. The van der Waals surface area contributed by atoms with Gasteiger partial charge in [0, 0.05) is 22.7 Å². The summed E-state index contributed by atoms with van der Waals surface area (Å²) in [6.07, 6.45) is 2.00. The zero-order valence-electron chi connectivity index (χ0n) is 17.8. The van der Waals surface area contributed by atoms with Crippen molar-refractivity contribution in [2.45, 2.75) is 26.7 Å². The quantitative estimate of drug-likeness (QED) is 0.441. The third-order valence-corrected chi connectivity index (χ3v) is 6.34. The molecule has 2 N–H and O–H groups in total. The van der Waals surface area contributed by atoms with Gasteiger partial charge in [-0.15, -0.1) is 11.3 Å². The maximum atomic E-state index is 13.1. The van der Waals surface area contributed by atoms with Gasteiger partial charge in [-0.3, -0.25) is 20.4 Å². The van der Waals surface area contributed by atoms with Gasteiger partial charge < -0.3 is 0 Å². The lowest BCUT2D eigenvalue weighted by molar-refractivity contribution is -0.121. The van der Waals surface area contributed by atoms with Crippen LogP contribution in [0.25, 0.3) is 16.1 Å². The second-order valence-corrected chi connectivity index (χ2v) is 8.42. The number of aryl methyl sites for hydroxylation is 2. The molecule has 0 atom stereocenters. The minimum Gasteiger partial charge on any atom is -0.273 e. The van der Waals surface area contributed by atoms with Crippen LogP contribution >= 0.6 is 11.3 Å². The number of thiophene rings is 1. The van der Waals surface area contributed by atoms with Crippen molar-refractivity contribution in [2.75, 3.05) is 0 Å². The molecule has 0 aliphatic rings. The molecule has 0 bridgehead atoms. The molecule has 0 radical (unpaired) electrons. The minimum atomic E-state index is -0.433. The number of hydrogen-bond acceptors (Lipinski definition) is 6. The molecule has 0 fully saturated rings. The van der Waals surface area contributed by atoms with Gasteiger partial charge >= 0.3 is 0 Å². The third kappa shape index (κ3) is 4.58. The van der Waals surface area contributed by atoms with E-state index >= 15 is 0 Å². The molecule has 3 aromatic heterocycles. The van der Waals surface area contributed by atoms with Crippen LogP contribution in [-0.2, 0) is 11.2 Å². The first-order valence-electron chi connectivity index (χ1n) is 10.1. The maximum Gasteiger partial charge on any atom is 0.279 e. The highest BCUT2D eigenvalue weighted by molar-refractivity contribution is 7.17. The lowest BCUT2D eigenvalue weighted by atomic mass is 10.1. The first-order chi connectivity index (χ1) is 15.9. The zero-order chi connectivity index (χ0) is 23.5. The van der Waals surface area contributed by atoms with Gasteiger partial charge in [-0.1, -0.05) is 12.1 Å². The van der Waals surface area contributed by atoms with Crippen LogP contribution in [0.4, 0.5) is 4.39 Å². The summed E-state index contributed by atoms with van der Waals surface area (Å²) in [4.78, 5) is 30.4. The number of amides is 2. The predicted octanol–water partition coefficient (Wildman–Crippen LogP) is 3.48. The lowest BCUT2D eigenvalue weighted by Gasteiger charge is -2.11. The van der Waals surface area contributed by atoms with E-state index in [9.17, 15) is 14.0 Å². The van der Waals surface area contributed by atoms with Crippen LogP contribution in [0.2, 0.25) is 0 Å². The number of fused-ring (bicyclic) bond motifs is 1. The van der Waals surface area contributed by atoms with E-state index in [-0.39, 0.29) is 18.1 Å². The summed E-state index contributed by atoms with van der Waals surface area (Å²) in [5.41, 5.74) is 8.93. The Morgan fingerprint density at radius 1 is 1.15 bits per heavy atom. The molecule has 0 unspecified atom stereocenters. The summed E-state index contributed by atoms with van der Waals surface area (Å²) in [5, 5.41) is 13.4. The van der Waals surface area contributed by atoms with Gasteiger partial charge in [0.1, 0.15) is 17.4 Å². The fraction of sp³-hybridized carbons (Fsp3) is 0.174. The van der Waals surface area contributed by atoms with Gasteiger partial charge in [0.2, 0.25) is 5.91 Å². The molecule has 3 heterocycles. The van der Waals surface area contributed by atoms with Crippen molar-refractivity contribution in [3.05, 3.63) is 75.8 Å². The smallest absolute Gasteiger partial charge is 0.273 e. The second-order valence-electron chi connectivity index (χ2n) is 7.34. The van der Waals surface area contributed by atoms with Crippen LogP contribution in [0.3, 0.4) is 0 Å². The van der Waals surface area contributed by atoms with E-state index < -0.39 is 5.91 Å². The second kappa shape index (κ2) is 9.18. The van der Waals surface area contributed by atoms with E-state index in [0.717, 1.165) is 27.4 Å². The number of halogens is 1. The molecule has 1 aromatic carbocycles. The molecule has 2 amide bonds. The molecule has 8 nitrogen and oxygen atoms in total. The van der Waals surface area contributed by atoms with Gasteiger partial charge in [-0.2, -0.15) is 10.4 Å². The highest BCUT2D eigenvalue weighted by atomic mass is 32.1. The molecule has 166 valence electrons. The molecule has 4 aromatic rings. The predicted molar refractivity (Wildman–Crippen MR) is 121 cm³/mol. The molecule has 0 saturated heterocycles. The Balaban J connectivity index is 1.35. The van der Waals surface area contributed by atoms with E-state index in [2.05, 4.69) is 27.0 Å². The van der Waals surface area contributed by atoms with Gasteiger partial charge in [0.15, 0.2) is 5.65 Å². The van der Waals surface area contributed by atoms with Crippen molar-refractivity contribution in [2.24, 2.45) is 0 Å². The highest BCUT2D eigenvalue weighted by Gasteiger charge is 2.16. The monoisotopic (exact) mass is 462 g/mol. The highest BCUT2D eigenvalue weighted by Crippen LogP contribution is 2.28. The Morgan fingerprint density at radius 3 is 2.64 bits per heavy atom. The van der Waals surface area contributed by atoms with E-state index in [4.69, 9.17) is 5.26 Å². The molecule has 0 aliphatic carbocycles. The average Bonchev–Trinajstić information content (AvgIpc) is 3.45. The van der Waals surface area contributed by atoms with Gasteiger partial charge in [0.25, 0.3) is 5.91 Å². The summed E-state index contributed by atoms with van der Waals surface area (Å²) >= 11 is 1.24. The van der Waals surface area contributed by atoms with Crippen LogP contribution in [0.1, 0.15) is 38.6 Å². The summed E-state index contributed by atoms with van der Waals surface area (Å²) in [6.45, 7) is 3.69. The normalized spacial score (nSPS) is 10.7. The Bertz CT molecular complexity index is 1400. The Hall–Kier alpha value is -4.10. The number of hydrogen-bond donors (Lipinski definition) is 2. The van der Waals surface area contributed by atoms with E-state index in [1.165, 1.54) is 29.7 Å². The molecule has 4 rings (SSSR count). The number of hydrazine groups is 1. The van der Waals surface area contributed by atoms with Crippen molar-refractivity contribution >= 4 is 28.8 Å². The number of nitrogens with one attached hydrogen (secondary N) is 2. The topological polar surface area (TPSA) is 112 Å². The van der Waals surface area contributed by atoms with Crippen molar-refractivity contribution in [1.29, 1.82) is 5.26 Å². The van der Waals surface area contributed by atoms with Crippen LogP contribution in [0, 0.1) is 31.0 Å². The molecular formula is C23H19FN6O2S. The van der Waals surface area contributed by atoms with E-state index in [0.29, 0.717) is 22.5 Å².